The number of methoxy groups -OCH3 is 2. The van der Waals surface area contributed by atoms with Crippen LogP contribution in [0.4, 0.5) is 43.9 Å². The summed E-state index contributed by atoms with van der Waals surface area (Å²) in [5.74, 6) is -12.9. The fraction of sp³-hybridized carbons (Fsp3) is 0.309. The Balaban J connectivity index is 0.000000288. The minimum Gasteiger partial charge on any atom is -0.383 e. The van der Waals surface area contributed by atoms with E-state index in [1.54, 1.807) is 0 Å². The predicted molar refractivity (Wildman–Crippen MR) is 391 cm³/mol. The van der Waals surface area contributed by atoms with Crippen LogP contribution in [0.2, 0.25) is 0 Å². The summed E-state index contributed by atoms with van der Waals surface area (Å²) in [4.78, 5) is 57.8. The number of ether oxygens (including phenoxy) is 2. The fourth-order valence-electron chi connectivity index (χ4n) is 9.66. The molecule has 105 heavy (non-hydrogen) atoms. The van der Waals surface area contributed by atoms with E-state index in [4.69, 9.17) is 39.8 Å². The molecule has 0 atom stereocenters. The number of amides is 2. The highest BCUT2D eigenvalue weighted by molar-refractivity contribution is 7.98. The van der Waals surface area contributed by atoms with Crippen molar-refractivity contribution >= 4 is 57.1 Å². The highest BCUT2D eigenvalue weighted by atomic mass is 32.2. The number of carbonyl (C=O) groups is 2. The number of pyridine rings is 2. The van der Waals surface area contributed by atoms with Crippen LogP contribution in [0.15, 0.2) is 207 Å². The van der Waals surface area contributed by atoms with Gasteiger partial charge in [-0.1, -0.05) is 115 Å². The molecule has 2 amide bonds. The number of benzene rings is 8. The van der Waals surface area contributed by atoms with Gasteiger partial charge in [-0.3, -0.25) is 19.2 Å². The maximum absolute atomic E-state index is 15.9. The van der Waals surface area contributed by atoms with Gasteiger partial charge in [-0.25, -0.2) is 17.6 Å². The molecule has 0 spiro atoms. The number of thioether (sulfide) groups is 2. The molecule has 0 radical (unpaired) electrons. The molecule has 0 unspecified atom stereocenters. The molecule has 0 bridgehead atoms. The van der Waals surface area contributed by atoms with Crippen LogP contribution < -0.4 is 10.9 Å². The van der Waals surface area contributed by atoms with E-state index in [1.165, 1.54) is 60.7 Å². The van der Waals surface area contributed by atoms with Crippen LogP contribution in [-0.4, -0.2) is 119 Å². The van der Waals surface area contributed by atoms with Crippen molar-refractivity contribution in [3.8, 4) is 22.3 Å². The van der Waals surface area contributed by atoms with Crippen LogP contribution >= 0.6 is 23.5 Å². The van der Waals surface area contributed by atoms with E-state index in [0.29, 0.717) is 21.9 Å². The van der Waals surface area contributed by atoms with Crippen LogP contribution in [0.1, 0.15) is 123 Å². The smallest absolute Gasteiger partial charge is 0.383 e. The lowest BCUT2D eigenvalue weighted by Crippen LogP contribution is -2.48. The second kappa shape index (κ2) is 34.9. The van der Waals surface area contributed by atoms with Gasteiger partial charge in [0.25, 0.3) is 0 Å². The summed E-state index contributed by atoms with van der Waals surface area (Å²) >= 11 is 0.384. The van der Waals surface area contributed by atoms with E-state index < -0.39 is 355 Å². The van der Waals surface area contributed by atoms with Gasteiger partial charge < -0.3 is 38.2 Å². The molecular weight excluding hydrogens is 1410 g/mol. The van der Waals surface area contributed by atoms with Gasteiger partial charge in [-0.15, -0.1) is 23.5 Å². The van der Waals surface area contributed by atoms with Gasteiger partial charge >= 0.3 is 12.4 Å². The molecule has 2 aromatic heterocycles. The van der Waals surface area contributed by atoms with E-state index >= 15 is 14.0 Å². The van der Waals surface area contributed by atoms with Gasteiger partial charge in [0.1, 0.15) is 13.0 Å². The van der Waals surface area contributed by atoms with Crippen molar-refractivity contribution in [1.82, 2.24) is 28.7 Å². The van der Waals surface area contributed by atoms with Crippen LogP contribution in [0, 0.1) is 30.2 Å². The molecule has 10 aromatic rings. The van der Waals surface area contributed by atoms with Crippen LogP contribution in [-0.2, 0) is 69.0 Å². The van der Waals surface area contributed by atoms with Crippen molar-refractivity contribution in [1.29, 1.82) is 0 Å². The maximum atomic E-state index is 15.9. The van der Waals surface area contributed by atoms with Crippen molar-refractivity contribution in [2.24, 2.45) is 0 Å². The number of carbonyl (C=O) groups excluding carboxylic acids is 2. The minimum atomic E-state index is -5.52. The molecule has 2 fully saturated rings. The van der Waals surface area contributed by atoms with Gasteiger partial charge in [-0.2, -0.15) is 26.3 Å². The highest BCUT2D eigenvalue weighted by Crippen LogP contribution is 2.36. The topological polar surface area (TPSA) is 110 Å². The van der Waals surface area contributed by atoms with Crippen molar-refractivity contribution < 1.29 is 122 Å². The number of aromatic nitrogens is 2. The van der Waals surface area contributed by atoms with Crippen LogP contribution in [0.25, 0.3) is 44.1 Å². The number of alkyl halides is 6. The summed E-state index contributed by atoms with van der Waals surface area (Å²) in [6, 6.07) is -11.8. The van der Waals surface area contributed by atoms with Gasteiger partial charge in [-0.05, 0) is 132 Å². The zero-order chi connectivity index (χ0) is 112. The number of para-hydroxylation sites is 2. The number of likely N-dealkylation sites (tertiary alicyclic amines) is 2. The average Bonchev–Trinajstić information content (AvgIpc) is 0.666. The van der Waals surface area contributed by atoms with Gasteiger partial charge in [0.15, 0.2) is 34.1 Å². The number of halogens is 10. The molecule has 2 aliphatic rings. The zero-order valence-corrected chi connectivity index (χ0v) is 55.3. The predicted octanol–water partition coefficient (Wildman–Crippen LogP) is 17.1. The third-order valence-electron chi connectivity index (χ3n) is 15.0. The van der Waals surface area contributed by atoms with Crippen molar-refractivity contribution in [3.05, 3.63) is 270 Å². The minimum absolute atomic E-state index is 0.0143. The second-order valence-corrected chi connectivity index (χ2v) is 23.8. The summed E-state index contributed by atoms with van der Waals surface area (Å²) in [5.41, 5.74) is -12.4. The molecule has 0 aliphatic carbocycles. The molecular formula is C81H78F10N6O6S2. The first kappa shape index (κ1) is 39.0. The lowest BCUT2D eigenvalue weighted by molar-refractivity contribution is -0.138. The first-order valence-corrected chi connectivity index (χ1v) is 32.2. The van der Waals surface area contributed by atoms with E-state index in [2.05, 4.69) is 9.47 Å². The van der Waals surface area contributed by atoms with Gasteiger partial charge in [0.05, 0.1) is 82.4 Å². The molecule has 0 N–H and O–H groups in total. The summed E-state index contributed by atoms with van der Waals surface area (Å²) < 4.78 is 526. The molecule has 2 saturated heterocycles. The number of nitrogens with zero attached hydrogens (tertiary/aromatic N) is 6. The molecule has 4 heterocycles. The van der Waals surface area contributed by atoms with E-state index in [0.717, 1.165) is 43.3 Å². The Hall–Kier alpha value is -9.04. The maximum Gasteiger partial charge on any atom is 0.416 e. The lowest BCUT2D eigenvalue weighted by Gasteiger charge is -2.39. The molecule has 550 valence electrons. The Morgan fingerprint density at radius 3 is 1.74 bits per heavy atom. The van der Waals surface area contributed by atoms with Crippen LogP contribution in [0.3, 0.4) is 0 Å². The summed E-state index contributed by atoms with van der Waals surface area (Å²) in [7, 11) is -6.40. The molecule has 24 heteroatoms. The molecule has 8 aromatic carbocycles. The number of rotatable bonds is 24. The second-order valence-electron chi connectivity index (χ2n) is 21.8. The molecule has 12 nitrogen and oxygen atoms in total. The zero-order valence-electron chi connectivity index (χ0n) is 96.6. The Kier molecular flexibility index (Phi) is 13.0. The SMILES string of the molecule is [2H]C([2H])([2H])OCCN1C([2H])([2H])C([2H])([2H])C([2H])(N(Cc2ccc(-c3ccc(C(F)(F)F)cc3)cc2)C(=O)C([2H])([2H])n2c(SCc3cccc(F)c3F)cc(=O)c3ccccc32)C([2H])([2H])C1([2H])[2H].[2H]c1c([2H])c(F)c(F)c(CSc2c([2H])c(=O)c3c([2H])c([2H])c([2H])c([2H])c3n2C([2H])([2H])C(=O)N(Cc2c([2H])c([2H])c(-c3c([2H])c([2H])c(C(F)(F)F)c([2H])c3[2H])c([2H])c2C)C2([2H])C([2H])([2H])C([2H])([2H])N(CCOC([2H])([2H])[2H])C([2H])([2H])C2([2H])[2H])c1[2H]. The van der Waals surface area contributed by atoms with Crippen molar-refractivity contribution in [3.63, 3.8) is 0 Å². The highest BCUT2D eigenvalue weighted by Gasteiger charge is 2.34. The summed E-state index contributed by atoms with van der Waals surface area (Å²) in [6.45, 7) is -31.4. The molecule has 0 saturated carbocycles. The van der Waals surface area contributed by atoms with E-state index in [-0.39, 0.29) is 58.6 Å². The van der Waals surface area contributed by atoms with Gasteiger partial charge in [0.2, 0.25) is 11.8 Å². The van der Waals surface area contributed by atoms with Crippen LogP contribution in [0.5, 0.6) is 0 Å². The Morgan fingerprint density at radius 1 is 0.552 bits per heavy atom. The third kappa shape index (κ3) is 19.3. The number of hydrogen-bond acceptors (Lipinski definition) is 10. The largest absolute Gasteiger partial charge is 0.416 e. The lowest BCUT2D eigenvalue weighted by atomic mass is 9.97. The third-order valence-corrected chi connectivity index (χ3v) is 17.0. The standard InChI is InChI=1S/C41H40F5N3O3S.C40H38F5N3O3S/c1-27-22-29(28-12-14-32(15-13-28)41(44,45)46)10-11-30(27)24-48(33-16-18-47(19-17-33)20-21-52-2)38(51)25-49-36-9-4-3-7-34(36)37(50)23-39(49)53-26-31-6-5-8-35(42)40(31)43;1-51-22-21-46-19-17-32(18-20-46)47(24-27-9-11-28(12-10-27)29-13-15-31(16-14-29)40(43,44)45)37(50)25-48-35-8-3-2-6-33(35)36(49)23-38(48)52-26-30-5-4-7-34(41)39(30)42/h3-15,22-23,33H,16-21,24-26H2,1-2H3;2-16,23,32H,17-22,24-26H2,1H3/i2D3,3D,4D,5D,6D,7D,8D,9D,10D,11D,12D,13D,14D,15D,16D2,17D2,18D2,19D2,22D,23D,25D2,33D;1D3,17D2,18D2,19D2,20D2,25D2,32D. The monoisotopic (exact) mass is 1530 g/mol. The average molecular weight is 1530 g/mol. The van der Waals surface area contributed by atoms with Crippen molar-refractivity contribution in [2.75, 3.05) is 66.4 Å². The first-order valence-electron chi connectivity index (χ1n) is 51.8. The van der Waals surface area contributed by atoms with Crippen molar-refractivity contribution in [2.45, 2.75) is 104 Å². The Labute approximate surface area is 670 Å². The number of piperidine rings is 2. The summed E-state index contributed by atoms with van der Waals surface area (Å²) in [5, 5.41) is -3.27. The van der Waals surface area contributed by atoms with E-state index in [1.807, 2.05) is 0 Å². The Morgan fingerprint density at radius 2 is 1.11 bits per heavy atom. The quantitative estimate of drug-likeness (QED) is 0.0428. The van der Waals surface area contributed by atoms with E-state index in [9.17, 15) is 68.3 Å². The number of fused-ring (bicyclic) bond motifs is 2. The van der Waals surface area contributed by atoms with Gasteiger partial charge in [0, 0.05) is 146 Å². The summed E-state index contributed by atoms with van der Waals surface area (Å²) in [6.07, 6.45) is -27.5. The Bertz CT molecular complexity index is 6960. The normalized spacial score (nSPS) is 25.1. The number of hydrogen-bond donors (Lipinski definition) is 0. The molecule has 2 aliphatic heterocycles. The fourth-order valence-corrected chi connectivity index (χ4v) is 11.6. The first-order chi connectivity index (χ1) is 67.3. The molecule has 12 rings (SSSR count).